The van der Waals surface area contributed by atoms with Gasteiger partial charge in [0.25, 0.3) is 5.89 Å². The molecule has 1 saturated heterocycles. The van der Waals surface area contributed by atoms with Gasteiger partial charge in [0.15, 0.2) is 0 Å². The number of morpholine rings is 1. The third kappa shape index (κ3) is 2.46. The average molecular weight is 298 g/mol. The molecular weight excluding hydrogens is 284 g/mol. The van der Waals surface area contributed by atoms with Gasteiger partial charge in [0, 0.05) is 24.8 Å². The van der Waals surface area contributed by atoms with Crippen LogP contribution >= 0.6 is 0 Å². The Balaban J connectivity index is 1.62. The van der Waals surface area contributed by atoms with Gasteiger partial charge in [-0.25, -0.2) is 4.98 Å². The van der Waals surface area contributed by atoms with Gasteiger partial charge in [-0.3, -0.25) is 0 Å². The molecule has 7 nitrogen and oxygen atoms in total. The first-order valence-corrected chi connectivity index (χ1v) is 7.05. The fraction of sp³-hybridized carbons (Fsp3) is 0.267. The molecule has 1 fully saturated rings. The van der Waals surface area contributed by atoms with Crippen molar-refractivity contribution >= 4 is 5.82 Å². The second-order valence-electron chi connectivity index (χ2n) is 4.94. The first-order valence-electron chi connectivity index (χ1n) is 7.05. The maximum Gasteiger partial charge on any atom is 0.261 e. The largest absolute Gasteiger partial charge is 0.472 e. The summed E-state index contributed by atoms with van der Waals surface area (Å²) < 4.78 is 15.7. The van der Waals surface area contributed by atoms with E-state index < -0.39 is 0 Å². The lowest BCUT2D eigenvalue weighted by Crippen LogP contribution is -2.36. The Hall–Kier alpha value is -2.67. The number of rotatable bonds is 3. The zero-order chi connectivity index (χ0) is 14.8. The highest BCUT2D eigenvalue weighted by Crippen LogP contribution is 2.24. The van der Waals surface area contributed by atoms with Crippen LogP contribution in [0, 0.1) is 0 Å². The minimum atomic E-state index is 0.438. The summed E-state index contributed by atoms with van der Waals surface area (Å²) >= 11 is 0. The lowest BCUT2D eigenvalue weighted by Gasteiger charge is -2.27. The van der Waals surface area contributed by atoms with Gasteiger partial charge < -0.3 is 18.6 Å². The van der Waals surface area contributed by atoms with E-state index in [0.29, 0.717) is 11.7 Å². The van der Waals surface area contributed by atoms with E-state index in [1.54, 1.807) is 24.8 Å². The zero-order valence-corrected chi connectivity index (χ0v) is 11.8. The predicted octanol–water partition coefficient (Wildman–Crippen LogP) is 2.23. The molecule has 112 valence electrons. The second kappa shape index (κ2) is 5.61. The van der Waals surface area contributed by atoms with Crippen LogP contribution < -0.4 is 4.90 Å². The number of hydrogen-bond acceptors (Lipinski definition) is 7. The number of pyridine rings is 1. The molecule has 0 aromatic carbocycles. The SMILES string of the molecule is c1cc(-c2noc(-c3ccoc3)n2)cc(N2CCOCC2)n1. The molecule has 1 aliphatic rings. The van der Waals surface area contributed by atoms with Crippen LogP contribution in [-0.2, 0) is 4.74 Å². The van der Waals surface area contributed by atoms with E-state index in [0.717, 1.165) is 43.2 Å². The van der Waals surface area contributed by atoms with E-state index in [2.05, 4.69) is 20.0 Å². The highest BCUT2D eigenvalue weighted by molar-refractivity contribution is 5.62. The summed E-state index contributed by atoms with van der Waals surface area (Å²) in [4.78, 5) is 11.0. The van der Waals surface area contributed by atoms with Gasteiger partial charge in [-0.05, 0) is 18.2 Å². The molecule has 7 heteroatoms. The first kappa shape index (κ1) is 13.0. The minimum absolute atomic E-state index is 0.438. The van der Waals surface area contributed by atoms with E-state index in [1.807, 2.05) is 12.1 Å². The maximum absolute atomic E-state index is 5.36. The molecule has 4 rings (SSSR count). The molecule has 0 N–H and O–H groups in total. The Labute approximate surface area is 126 Å². The molecule has 22 heavy (non-hydrogen) atoms. The van der Waals surface area contributed by atoms with Crippen LogP contribution in [0.3, 0.4) is 0 Å². The highest BCUT2D eigenvalue weighted by Gasteiger charge is 2.15. The van der Waals surface area contributed by atoms with Crippen LogP contribution in [0.1, 0.15) is 0 Å². The van der Waals surface area contributed by atoms with Crippen LogP contribution in [0.15, 0.2) is 45.9 Å². The fourth-order valence-corrected chi connectivity index (χ4v) is 2.37. The molecule has 0 atom stereocenters. The third-order valence-electron chi connectivity index (χ3n) is 3.53. The standard InChI is InChI=1S/C15H14N4O3/c1-3-16-13(19-4-7-20-8-5-19)9-11(1)14-17-15(22-18-14)12-2-6-21-10-12/h1-3,6,9-10H,4-5,7-8H2. The van der Waals surface area contributed by atoms with Crippen molar-refractivity contribution in [3.63, 3.8) is 0 Å². The van der Waals surface area contributed by atoms with Crippen LogP contribution in [0.5, 0.6) is 0 Å². The summed E-state index contributed by atoms with van der Waals surface area (Å²) in [6.07, 6.45) is 4.90. The van der Waals surface area contributed by atoms with Crippen molar-refractivity contribution in [3.05, 3.63) is 36.9 Å². The van der Waals surface area contributed by atoms with Crippen molar-refractivity contribution in [1.29, 1.82) is 0 Å². The summed E-state index contributed by atoms with van der Waals surface area (Å²) in [5, 5.41) is 4.03. The minimum Gasteiger partial charge on any atom is -0.472 e. The Morgan fingerprint density at radius 2 is 2.00 bits per heavy atom. The molecule has 0 aliphatic carbocycles. The summed E-state index contributed by atoms with van der Waals surface area (Å²) in [7, 11) is 0. The van der Waals surface area contributed by atoms with Gasteiger partial charge in [0.2, 0.25) is 5.82 Å². The summed E-state index contributed by atoms with van der Waals surface area (Å²) in [6.45, 7) is 3.11. The van der Waals surface area contributed by atoms with Crippen LogP contribution in [0.4, 0.5) is 5.82 Å². The highest BCUT2D eigenvalue weighted by atomic mass is 16.5. The number of anilines is 1. The van der Waals surface area contributed by atoms with Gasteiger partial charge in [-0.15, -0.1) is 0 Å². The van der Waals surface area contributed by atoms with E-state index in [4.69, 9.17) is 13.7 Å². The monoisotopic (exact) mass is 298 g/mol. The topological polar surface area (TPSA) is 77.4 Å². The van der Waals surface area contributed by atoms with Crippen molar-refractivity contribution in [2.24, 2.45) is 0 Å². The van der Waals surface area contributed by atoms with E-state index in [9.17, 15) is 0 Å². The predicted molar refractivity (Wildman–Crippen MR) is 78.3 cm³/mol. The van der Waals surface area contributed by atoms with E-state index in [1.165, 1.54) is 0 Å². The average Bonchev–Trinajstić information content (AvgIpc) is 3.27. The molecule has 0 spiro atoms. The molecule has 3 aromatic rings. The molecule has 1 aliphatic heterocycles. The third-order valence-corrected chi connectivity index (χ3v) is 3.53. The number of hydrogen-bond donors (Lipinski definition) is 0. The van der Waals surface area contributed by atoms with Crippen LogP contribution in [-0.4, -0.2) is 41.4 Å². The first-order chi connectivity index (χ1) is 10.9. The van der Waals surface area contributed by atoms with Gasteiger partial charge in [-0.2, -0.15) is 4.98 Å². The summed E-state index contributed by atoms with van der Waals surface area (Å²) in [5.74, 6) is 1.87. The number of nitrogens with zero attached hydrogens (tertiary/aromatic N) is 4. The van der Waals surface area contributed by atoms with Crippen molar-refractivity contribution in [1.82, 2.24) is 15.1 Å². The lowest BCUT2D eigenvalue weighted by molar-refractivity contribution is 0.122. The molecule has 0 saturated carbocycles. The van der Waals surface area contributed by atoms with Gasteiger partial charge in [-0.1, -0.05) is 5.16 Å². The molecule has 0 unspecified atom stereocenters. The molecule has 3 aromatic heterocycles. The molecule has 4 heterocycles. The van der Waals surface area contributed by atoms with Gasteiger partial charge in [0.1, 0.15) is 12.1 Å². The lowest BCUT2D eigenvalue weighted by atomic mass is 10.2. The molecule has 0 radical (unpaired) electrons. The van der Waals surface area contributed by atoms with Crippen molar-refractivity contribution < 1.29 is 13.7 Å². The smallest absolute Gasteiger partial charge is 0.261 e. The van der Waals surface area contributed by atoms with Crippen LogP contribution in [0.2, 0.25) is 0 Å². The van der Waals surface area contributed by atoms with E-state index in [-0.39, 0.29) is 0 Å². The van der Waals surface area contributed by atoms with Crippen LogP contribution in [0.25, 0.3) is 22.8 Å². The maximum atomic E-state index is 5.36. The Morgan fingerprint density at radius 1 is 1.09 bits per heavy atom. The summed E-state index contributed by atoms with van der Waals surface area (Å²) in [5.41, 5.74) is 1.64. The van der Waals surface area contributed by atoms with Gasteiger partial charge in [0.05, 0.1) is 25.0 Å². The van der Waals surface area contributed by atoms with E-state index >= 15 is 0 Å². The Kier molecular flexibility index (Phi) is 3.32. The fourth-order valence-electron chi connectivity index (χ4n) is 2.37. The normalized spacial score (nSPS) is 15.2. The van der Waals surface area contributed by atoms with Crippen molar-refractivity contribution in [3.8, 4) is 22.8 Å². The second-order valence-corrected chi connectivity index (χ2v) is 4.94. The van der Waals surface area contributed by atoms with Gasteiger partial charge >= 0.3 is 0 Å². The summed E-state index contributed by atoms with van der Waals surface area (Å²) in [6, 6.07) is 5.62. The quantitative estimate of drug-likeness (QED) is 0.733. The number of furan rings is 1. The number of aromatic nitrogens is 3. The number of ether oxygens (including phenoxy) is 1. The molecular formula is C15H14N4O3. The van der Waals surface area contributed by atoms with Crippen molar-refractivity contribution in [2.45, 2.75) is 0 Å². The Morgan fingerprint density at radius 3 is 2.82 bits per heavy atom. The zero-order valence-electron chi connectivity index (χ0n) is 11.8. The molecule has 0 bridgehead atoms. The Bertz CT molecular complexity index is 748. The molecule has 0 amide bonds. The van der Waals surface area contributed by atoms with Crippen molar-refractivity contribution in [2.75, 3.05) is 31.2 Å².